The van der Waals surface area contributed by atoms with Crippen molar-refractivity contribution in [1.82, 2.24) is 15.2 Å². The van der Waals surface area contributed by atoms with Gasteiger partial charge in [-0.05, 0) is 36.3 Å². The number of hydrazine groups is 1. The number of nitrogens with one attached hydrogen (secondary N) is 1. The van der Waals surface area contributed by atoms with Gasteiger partial charge >= 0.3 is 5.92 Å². The number of hydrazone groups is 1. The Balaban J connectivity index is 2.14. The van der Waals surface area contributed by atoms with Crippen molar-refractivity contribution >= 4 is 39.5 Å². The van der Waals surface area contributed by atoms with Gasteiger partial charge in [0.05, 0.1) is 22.8 Å². The standard InChI is InChI=1S/C18H19ClF2N6OS/c1-10-12-7-6-11(18(20,21)17(24-22)25-23)8-15(12)27(26-10)9-13-14(19)4-3-5-16(13)29(2)28/h3-8H,9,22-23H2,1-2H3,(H,24,25). The molecular formula is C18H19ClF2N6OS. The van der Waals surface area contributed by atoms with Crippen LogP contribution in [0.15, 0.2) is 46.4 Å². The molecule has 11 heteroatoms. The first-order chi connectivity index (χ1) is 13.7. The number of aromatic nitrogens is 2. The van der Waals surface area contributed by atoms with Crippen LogP contribution < -0.4 is 17.1 Å². The Bertz CT molecular complexity index is 1090. The topological polar surface area (TPSA) is 117 Å². The monoisotopic (exact) mass is 440 g/mol. The van der Waals surface area contributed by atoms with Crippen molar-refractivity contribution in [2.24, 2.45) is 16.8 Å². The normalized spacial score (nSPS) is 13.7. The van der Waals surface area contributed by atoms with Gasteiger partial charge in [0.25, 0.3) is 0 Å². The number of fused-ring (bicyclic) bond motifs is 1. The molecule has 3 aromatic rings. The van der Waals surface area contributed by atoms with Crippen molar-refractivity contribution in [3.8, 4) is 0 Å². The van der Waals surface area contributed by atoms with Gasteiger partial charge in [0.15, 0.2) is 4.90 Å². The summed E-state index contributed by atoms with van der Waals surface area (Å²) in [6, 6.07) is 9.23. The highest BCUT2D eigenvalue weighted by Crippen LogP contribution is 2.33. The summed E-state index contributed by atoms with van der Waals surface area (Å²) in [6.07, 6.45) is 1.55. The average molecular weight is 441 g/mol. The molecule has 1 atom stereocenters. The van der Waals surface area contributed by atoms with Gasteiger partial charge in [0.1, 0.15) is 6.26 Å². The van der Waals surface area contributed by atoms with Crippen LogP contribution in [0.1, 0.15) is 16.8 Å². The number of hydrogen-bond donors (Lipinski definition) is 3. The zero-order valence-electron chi connectivity index (χ0n) is 15.6. The summed E-state index contributed by atoms with van der Waals surface area (Å²) in [4.78, 5) is 0.560. The van der Waals surface area contributed by atoms with Gasteiger partial charge in [0.2, 0.25) is 5.84 Å². The molecule has 0 spiro atoms. The molecule has 0 amide bonds. The first kappa shape index (κ1) is 21.3. The predicted octanol–water partition coefficient (Wildman–Crippen LogP) is 2.61. The van der Waals surface area contributed by atoms with Gasteiger partial charge in [0, 0.05) is 16.5 Å². The van der Waals surface area contributed by atoms with Gasteiger partial charge in [-0.25, -0.2) is 5.84 Å². The van der Waals surface area contributed by atoms with Crippen molar-refractivity contribution in [3.05, 3.63) is 58.2 Å². The Labute approximate surface area is 173 Å². The van der Waals surface area contributed by atoms with Crippen molar-refractivity contribution < 1.29 is 13.3 Å². The van der Waals surface area contributed by atoms with Crippen LogP contribution in [0.4, 0.5) is 8.78 Å². The molecule has 29 heavy (non-hydrogen) atoms. The number of hydrogen-bond acceptors (Lipinski definition) is 5. The molecular weight excluding hydrogens is 422 g/mol. The van der Waals surface area contributed by atoms with Crippen LogP contribution in [0.5, 0.6) is 0 Å². The van der Waals surface area contributed by atoms with Crippen LogP contribution in [-0.4, -0.2) is 26.4 Å². The zero-order valence-corrected chi connectivity index (χ0v) is 17.2. The summed E-state index contributed by atoms with van der Waals surface area (Å²) >= 11 is 5.04. The lowest BCUT2D eigenvalue weighted by molar-refractivity contribution is 0.0714. The van der Waals surface area contributed by atoms with Crippen LogP contribution in [0, 0.1) is 6.92 Å². The molecule has 0 saturated heterocycles. The van der Waals surface area contributed by atoms with E-state index in [9.17, 15) is 13.3 Å². The fraction of sp³-hybridized carbons (Fsp3) is 0.222. The van der Waals surface area contributed by atoms with Crippen LogP contribution >= 0.6 is 11.6 Å². The van der Waals surface area contributed by atoms with Gasteiger partial charge in [-0.1, -0.05) is 29.8 Å². The number of benzene rings is 2. The number of amidine groups is 1. The summed E-state index contributed by atoms with van der Waals surface area (Å²) in [7, 11) is 0. The third kappa shape index (κ3) is 3.88. The molecule has 154 valence electrons. The van der Waals surface area contributed by atoms with E-state index in [1.54, 1.807) is 42.1 Å². The number of nitrogens with zero attached hydrogens (tertiary/aromatic N) is 3. The molecule has 0 bridgehead atoms. The maximum atomic E-state index is 14.7. The van der Waals surface area contributed by atoms with Crippen molar-refractivity contribution in [2.75, 3.05) is 6.26 Å². The number of nitrogens with two attached hydrogens (primary N) is 2. The minimum Gasteiger partial charge on any atom is -0.612 e. The number of alkyl halides is 2. The largest absolute Gasteiger partial charge is 0.612 e. The first-order valence-electron chi connectivity index (χ1n) is 8.42. The molecule has 0 aliphatic heterocycles. The maximum absolute atomic E-state index is 14.7. The minimum atomic E-state index is -3.53. The first-order valence-corrected chi connectivity index (χ1v) is 10.4. The second kappa shape index (κ2) is 8.15. The Morgan fingerprint density at radius 2 is 2.10 bits per heavy atom. The Hall–Kier alpha value is -2.40. The van der Waals surface area contributed by atoms with E-state index in [4.69, 9.17) is 23.3 Å². The molecule has 1 unspecified atom stereocenters. The van der Waals surface area contributed by atoms with Crippen LogP contribution in [0.2, 0.25) is 5.02 Å². The molecule has 5 N–H and O–H groups in total. The van der Waals surface area contributed by atoms with E-state index in [0.29, 0.717) is 32.1 Å². The average Bonchev–Trinajstić information content (AvgIpc) is 2.99. The predicted molar refractivity (Wildman–Crippen MR) is 110 cm³/mol. The molecule has 0 aliphatic rings. The van der Waals surface area contributed by atoms with Crippen molar-refractivity contribution in [2.45, 2.75) is 24.3 Å². The highest BCUT2D eigenvalue weighted by molar-refractivity contribution is 7.90. The molecule has 1 aromatic heterocycles. The molecule has 0 radical (unpaired) electrons. The fourth-order valence-electron chi connectivity index (χ4n) is 3.11. The quantitative estimate of drug-likeness (QED) is 0.185. The molecule has 0 aliphatic carbocycles. The number of rotatable bonds is 5. The van der Waals surface area contributed by atoms with Gasteiger partial charge in [-0.15, -0.1) is 0 Å². The summed E-state index contributed by atoms with van der Waals surface area (Å²) < 4.78 is 43.0. The lowest BCUT2D eigenvalue weighted by Crippen LogP contribution is -2.43. The number of halogens is 3. The minimum absolute atomic E-state index is 0.168. The lowest BCUT2D eigenvalue weighted by Gasteiger charge is -2.18. The Morgan fingerprint density at radius 1 is 1.38 bits per heavy atom. The molecule has 0 fully saturated rings. The van der Waals surface area contributed by atoms with E-state index >= 15 is 0 Å². The van der Waals surface area contributed by atoms with Crippen LogP contribution in [0.25, 0.3) is 10.9 Å². The summed E-state index contributed by atoms with van der Waals surface area (Å²) in [5, 5.41) is 8.60. The summed E-state index contributed by atoms with van der Waals surface area (Å²) in [5.41, 5.74) is 3.20. The highest BCUT2D eigenvalue weighted by Gasteiger charge is 2.39. The molecule has 1 heterocycles. The zero-order chi connectivity index (χ0) is 21.3. The van der Waals surface area contributed by atoms with Crippen LogP contribution in [0.3, 0.4) is 0 Å². The number of aryl methyl sites for hydroxylation is 1. The van der Waals surface area contributed by atoms with Crippen molar-refractivity contribution in [1.29, 1.82) is 0 Å². The van der Waals surface area contributed by atoms with E-state index in [2.05, 4.69) is 10.2 Å². The van der Waals surface area contributed by atoms with E-state index in [1.165, 1.54) is 12.1 Å². The van der Waals surface area contributed by atoms with E-state index in [1.807, 2.05) is 5.43 Å². The second-order valence-corrected chi connectivity index (χ2v) is 8.10. The summed E-state index contributed by atoms with van der Waals surface area (Å²) in [6.45, 7) is 1.94. The SMILES string of the molecule is Cc1nn(Cc2c(Cl)cccc2[S+](C)[O-])c2cc(C(F)(F)/C(=N/N)NN)ccc12. The van der Waals surface area contributed by atoms with E-state index in [0.717, 1.165) is 0 Å². The third-order valence-corrected chi connectivity index (χ3v) is 5.91. The van der Waals surface area contributed by atoms with Gasteiger partial charge in [-0.3, -0.25) is 4.68 Å². The molecule has 3 rings (SSSR count). The lowest BCUT2D eigenvalue weighted by atomic mass is 10.0. The van der Waals surface area contributed by atoms with Crippen molar-refractivity contribution in [3.63, 3.8) is 0 Å². The van der Waals surface area contributed by atoms with Crippen LogP contribution in [-0.2, 0) is 23.6 Å². The fourth-order valence-corrected chi connectivity index (χ4v) is 4.19. The highest BCUT2D eigenvalue weighted by atomic mass is 35.5. The smallest absolute Gasteiger partial charge is 0.332 e. The van der Waals surface area contributed by atoms with Gasteiger partial charge < -0.3 is 15.8 Å². The molecule has 7 nitrogen and oxygen atoms in total. The molecule has 2 aromatic carbocycles. The second-order valence-electron chi connectivity index (χ2n) is 6.34. The Kier molecular flexibility index (Phi) is 5.99. The van der Waals surface area contributed by atoms with E-state index < -0.39 is 22.9 Å². The van der Waals surface area contributed by atoms with E-state index in [-0.39, 0.29) is 12.1 Å². The maximum Gasteiger partial charge on any atom is 0.332 e. The summed E-state index contributed by atoms with van der Waals surface area (Å²) in [5.74, 6) is 5.74. The Morgan fingerprint density at radius 3 is 2.72 bits per heavy atom. The third-order valence-electron chi connectivity index (χ3n) is 4.56. The molecule has 0 saturated carbocycles. The van der Waals surface area contributed by atoms with Gasteiger partial charge in [-0.2, -0.15) is 19.0 Å².